The molecule has 0 spiro atoms. The zero-order chi connectivity index (χ0) is 16.0. The number of hydrogen-bond acceptors (Lipinski definition) is 5. The standard InChI is InChI=1S/C14H14BrClO3S2/c1-4-19-13(18)11(14(20-2)21-3)12(17)9-6-5-8(15)7-10(9)16/h5-7H,4H2,1-3H3. The molecule has 1 aromatic carbocycles. The van der Waals surface area contributed by atoms with Crippen molar-refractivity contribution < 1.29 is 14.3 Å². The normalized spacial score (nSPS) is 10.1. The number of carbonyl (C=O) groups is 2. The van der Waals surface area contributed by atoms with Crippen molar-refractivity contribution in [3.63, 3.8) is 0 Å². The third-order valence-corrected chi connectivity index (χ3v) is 5.41. The number of esters is 1. The van der Waals surface area contributed by atoms with E-state index in [1.807, 2.05) is 12.5 Å². The average molecular weight is 410 g/mol. The fourth-order valence-electron chi connectivity index (χ4n) is 1.57. The van der Waals surface area contributed by atoms with Crippen LogP contribution in [0.25, 0.3) is 0 Å². The predicted octanol–water partition coefficient (Wildman–Crippen LogP) is 4.79. The Labute approximate surface area is 146 Å². The summed E-state index contributed by atoms with van der Waals surface area (Å²) in [4.78, 5) is 24.8. The highest BCUT2D eigenvalue weighted by Gasteiger charge is 2.26. The molecule has 0 atom stereocenters. The Bertz CT molecular complexity index is 582. The topological polar surface area (TPSA) is 43.4 Å². The highest BCUT2D eigenvalue weighted by Crippen LogP contribution is 2.32. The molecule has 0 heterocycles. The Morgan fingerprint density at radius 1 is 1.29 bits per heavy atom. The molecule has 0 amide bonds. The maximum atomic E-state index is 12.7. The molecule has 1 rings (SSSR count). The van der Waals surface area contributed by atoms with Gasteiger partial charge in [-0.2, -0.15) is 0 Å². The lowest BCUT2D eigenvalue weighted by Crippen LogP contribution is -2.18. The van der Waals surface area contributed by atoms with E-state index in [0.29, 0.717) is 4.24 Å². The van der Waals surface area contributed by atoms with Crippen molar-refractivity contribution in [2.75, 3.05) is 19.1 Å². The second kappa shape index (κ2) is 8.88. The molecule has 0 radical (unpaired) electrons. The van der Waals surface area contributed by atoms with E-state index in [-0.39, 0.29) is 22.8 Å². The van der Waals surface area contributed by atoms with Gasteiger partial charge in [-0.25, -0.2) is 4.79 Å². The first kappa shape index (κ1) is 18.6. The van der Waals surface area contributed by atoms with E-state index in [0.717, 1.165) is 4.47 Å². The van der Waals surface area contributed by atoms with Crippen LogP contribution in [0.3, 0.4) is 0 Å². The lowest BCUT2D eigenvalue weighted by atomic mass is 10.0. The Hall–Kier alpha value is -0.430. The average Bonchev–Trinajstić information content (AvgIpc) is 2.44. The van der Waals surface area contributed by atoms with Crippen LogP contribution in [-0.4, -0.2) is 30.9 Å². The molecule has 0 aromatic heterocycles. The summed E-state index contributed by atoms with van der Waals surface area (Å²) in [5.41, 5.74) is 0.310. The molecular formula is C14H14BrClO3S2. The van der Waals surface area contributed by atoms with E-state index in [1.165, 1.54) is 23.5 Å². The Balaban J connectivity index is 3.35. The van der Waals surface area contributed by atoms with Crippen molar-refractivity contribution >= 4 is 62.8 Å². The van der Waals surface area contributed by atoms with Gasteiger partial charge < -0.3 is 4.74 Å². The molecule has 7 heteroatoms. The fourth-order valence-corrected chi connectivity index (χ4v) is 3.75. The van der Waals surface area contributed by atoms with Gasteiger partial charge in [0.25, 0.3) is 0 Å². The van der Waals surface area contributed by atoms with Crippen LogP contribution < -0.4 is 0 Å². The van der Waals surface area contributed by atoms with Crippen LogP contribution in [0.15, 0.2) is 32.5 Å². The van der Waals surface area contributed by atoms with E-state index in [4.69, 9.17) is 16.3 Å². The van der Waals surface area contributed by atoms with Crippen molar-refractivity contribution in [2.45, 2.75) is 6.92 Å². The molecule has 21 heavy (non-hydrogen) atoms. The summed E-state index contributed by atoms with van der Waals surface area (Å²) in [6, 6.07) is 4.92. The zero-order valence-corrected chi connectivity index (χ0v) is 15.7. The van der Waals surface area contributed by atoms with Crippen LogP contribution >= 0.6 is 51.1 Å². The molecule has 0 aliphatic heterocycles. The first-order chi connectivity index (χ1) is 9.96. The van der Waals surface area contributed by atoms with Gasteiger partial charge in [0, 0.05) is 10.0 Å². The summed E-state index contributed by atoms with van der Waals surface area (Å²) < 4.78 is 6.37. The molecule has 0 bridgehead atoms. The molecule has 3 nitrogen and oxygen atoms in total. The summed E-state index contributed by atoms with van der Waals surface area (Å²) in [6.07, 6.45) is 3.61. The van der Waals surface area contributed by atoms with Crippen LogP contribution in [0.1, 0.15) is 17.3 Å². The number of rotatable bonds is 6. The second-order valence-electron chi connectivity index (χ2n) is 3.74. The molecule has 0 fully saturated rings. The Morgan fingerprint density at radius 2 is 1.90 bits per heavy atom. The highest BCUT2D eigenvalue weighted by atomic mass is 79.9. The van der Waals surface area contributed by atoms with Gasteiger partial charge in [-0.05, 0) is 37.6 Å². The molecule has 0 aliphatic rings. The number of Topliss-reactive ketones (excluding diaryl/α,β-unsaturated/α-hetero) is 1. The number of ether oxygens (including phenoxy) is 1. The lowest BCUT2D eigenvalue weighted by molar-refractivity contribution is -0.138. The summed E-state index contributed by atoms with van der Waals surface area (Å²) in [5, 5.41) is 0.290. The highest BCUT2D eigenvalue weighted by molar-refractivity contribution is 9.10. The smallest absolute Gasteiger partial charge is 0.343 e. The lowest BCUT2D eigenvalue weighted by Gasteiger charge is -2.11. The molecule has 0 aliphatic carbocycles. The number of benzene rings is 1. The Morgan fingerprint density at radius 3 is 2.38 bits per heavy atom. The number of carbonyl (C=O) groups excluding carboxylic acids is 2. The van der Waals surface area contributed by atoms with Gasteiger partial charge in [0.15, 0.2) is 0 Å². The van der Waals surface area contributed by atoms with E-state index in [9.17, 15) is 9.59 Å². The van der Waals surface area contributed by atoms with Gasteiger partial charge in [0.1, 0.15) is 5.57 Å². The van der Waals surface area contributed by atoms with Gasteiger partial charge in [0.05, 0.1) is 15.9 Å². The fraction of sp³-hybridized carbons (Fsp3) is 0.286. The van der Waals surface area contributed by atoms with Crippen molar-refractivity contribution in [1.29, 1.82) is 0 Å². The minimum atomic E-state index is -0.625. The predicted molar refractivity (Wildman–Crippen MR) is 94.2 cm³/mol. The van der Waals surface area contributed by atoms with Crippen LogP contribution in [0, 0.1) is 0 Å². The summed E-state index contributed by atoms with van der Waals surface area (Å²) >= 11 is 12.1. The van der Waals surface area contributed by atoms with Crippen LogP contribution in [0.4, 0.5) is 0 Å². The molecule has 1 aromatic rings. The van der Waals surface area contributed by atoms with Gasteiger partial charge >= 0.3 is 5.97 Å². The second-order valence-corrected chi connectivity index (χ2v) is 6.96. The molecule has 0 saturated carbocycles. The van der Waals surface area contributed by atoms with Crippen molar-refractivity contribution in [3.05, 3.63) is 43.1 Å². The van der Waals surface area contributed by atoms with E-state index in [1.54, 1.807) is 25.1 Å². The van der Waals surface area contributed by atoms with Gasteiger partial charge in [-0.3, -0.25) is 4.79 Å². The van der Waals surface area contributed by atoms with E-state index < -0.39 is 11.8 Å². The van der Waals surface area contributed by atoms with E-state index in [2.05, 4.69) is 15.9 Å². The monoisotopic (exact) mass is 408 g/mol. The maximum absolute atomic E-state index is 12.7. The quantitative estimate of drug-likeness (QED) is 0.222. The third-order valence-electron chi connectivity index (χ3n) is 2.46. The van der Waals surface area contributed by atoms with Crippen molar-refractivity contribution in [3.8, 4) is 0 Å². The van der Waals surface area contributed by atoms with Crippen LogP contribution in [-0.2, 0) is 9.53 Å². The van der Waals surface area contributed by atoms with E-state index >= 15 is 0 Å². The maximum Gasteiger partial charge on any atom is 0.343 e. The molecule has 0 N–H and O–H groups in total. The summed E-state index contributed by atoms with van der Waals surface area (Å²) in [6.45, 7) is 1.91. The number of ketones is 1. The first-order valence-corrected chi connectivity index (χ1v) is 9.57. The minimum Gasteiger partial charge on any atom is -0.462 e. The zero-order valence-electron chi connectivity index (χ0n) is 11.7. The first-order valence-electron chi connectivity index (χ1n) is 5.95. The minimum absolute atomic E-state index is 0.0288. The van der Waals surface area contributed by atoms with Crippen LogP contribution in [0.2, 0.25) is 5.02 Å². The largest absolute Gasteiger partial charge is 0.462 e. The molecule has 0 unspecified atom stereocenters. The number of hydrogen-bond donors (Lipinski definition) is 0. The number of thioether (sulfide) groups is 2. The molecule has 0 saturated heterocycles. The number of halogens is 2. The van der Waals surface area contributed by atoms with Crippen molar-refractivity contribution in [2.24, 2.45) is 0 Å². The molecular weight excluding hydrogens is 396 g/mol. The van der Waals surface area contributed by atoms with Gasteiger partial charge in [0.2, 0.25) is 5.78 Å². The van der Waals surface area contributed by atoms with Gasteiger partial charge in [-0.15, -0.1) is 23.5 Å². The SMILES string of the molecule is CCOC(=O)C(C(=O)c1ccc(Br)cc1Cl)=C(SC)SC. The van der Waals surface area contributed by atoms with Gasteiger partial charge in [-0.1, -0.05) is 27.5 Å². The van der Waals surface area contributed by atoms with Crippen LogP contribution in [0.5, 0.6) is 0 Å². The Kier molecular flexibility index (Phi) is 7.87. The summed E-state index contributed by atoms with van der Waals surface area (Å²) in [5.74, 6) is -1.05. The third kappa shape index (κ3) is 4.77. The molecule has 114 valence electrons. The van der Waals surface area contributed by atoms with Crippen molar-refractivity contribution in [1.82, 2.24) is 0 Å². The summed E-state index contributed by atoms with van der Waals surface area (Å²) in [7, 11) is 0.